The van der Waals surface area contributed by atoms with Gasteiger partial charge in [-0.15, -0.1) is 0 Å². The Morgan fingerprint density at radius 2 is 1.97 bits per heavy atom. The van der Waals surface area contributed by atoms with Gasteiger partial charge in [0.05, 0.1) is 12.1 Å². The number of aliphatic hydroxyl groups excluding tert-OH is 1. The molecule has 168 valence electrons. The molecular formula is C21H30F3N3O3. The first-order valence-electron chi connectivity index (χ1n) is 10.1. The number of rotatable bonds is 7. The molecule has 2 amide bonds. The molecule has 1 aliphatic carbocycles. The van der Waals surface area contributed by atoms with E-state index in [4.69, 9.17) is 0 Å². The number of hydrogen-bond acceptors (Lipinski definition) is 4. The summed E-state index contributed by atoms with van der Waals surface area (Å²) < 4.78 is 38.3. The fourth-order valence-electron chi connectivity index (χ4n) is 3.78. The van der Waals surface area contributed by atoms with Crippen LogP contribution in [0.25, 0.3) is 0 Å². The van der Waals surface area contributed by atoms with Gasteiger partial charge in [0, 0.05) is 36.2 Å². The summed E-state index contributed by atoms with van der Waals surface area (Å²) in [4.78, 5) is 26.6. The number of carbonyl (C=O) groups is 2. The van der Waals surface area contributed by atoms with Gasteiger partial charge in [-0.05, 0) is 58.4 Å². The molecule has 3 atom stereocenters. The molecule has 0 aliphatic heterocycles. The molecule has 3 N–H and O–H groups in total. The molecule has 6 nitrogen and oxygen atoms in total. The minimum Gasteiger partial charge on any atom is -0.396 e. The molecule has 9 heteroatoms. The Labute approximate surface area is 174 Å². The monoisotopic (exact) mass is 429 g/mol. The van der Waals surface area contributed by atoms with Crippen molar-refractivity contribution in [2.24, 2.45) is 5.92 Å². The number of halogens is 3. The standard InChI is InChI=1S/C21H30F3N3O3/c1-13(2)27(3)17-7-8-18(15(10-17)12-28)26-19(29)11-25-20(30)14-5-4-6-16(9-14)21(22,23)24/h4-6,9,13,15,17-18,28H,7-8,10-12H2,1-3H3,(H,25,30)(H,26,29)/t15-,17+,18-/m0/s1. The van der Waals surface area contributed by atoms with E-state index in [1.54, 1.807) is 0 Å². The van der Waals surface area contributed by atoms with Crippen molar-refractivity contribution in [2.75, 3.05) is 20.2 Å². The number of nitrogens with zero attached hydrogens (tertiary/aromatic N) is 1. The lowest BCUT2D eigenvalue weighted by molar-refractivity contribution is -0.137. The molecule has 0 aromatic heterocycles. The van der Waals surface area contributed by atoms with Crippen LogP contribution in [-0.2, 0) is 11.0 Å². The summed E-state index contributed by atoms with van der Waals surface area (Å²) in [6.45, 7) is 3.81. The molecule has 2 rings (SSSR count). The Balaban J connectivity index is 1.88. The molecule has 1 aromatic rings. The second-order valence-corrected chi connectivity index (χ2v) is 8.10. The van der Waals surface area contributed by atoms with Crippen molar-refractivity contribution in [3.63, 3.8) is 0 Å². The van der Waals surface area contributed by atoms with E-state index in [0.29, 0.717) is 18.5 Å². The third-order valence-corrected chi connectivity index (χ3v) is 5.79. The average molecular weight is 429 g/mol. The van der Waals surface area contributed by atoms with E-state index in [1.165, 1.54) is 6.07 Å². The van der Waals surface area contributed by atoms with E-state index in [9.17, 15) is 27.9 Å². The van der Waals surface area contributed by atoms with Crippen LogP contribution in [0.1, 0.15) is 49.0 Å². The van der Waals surface area contributed by atoms with Crippen LogP contribution in [0.4, 0.5) is 13.2 Å². The smallest absolute Gasteiger partial charge is 0.396 e. The van der Waals surface area contributed by atoms with Gasteiger partial charge in [0.1, 0.15) is 0 Å². The first-order valence-corrected chi connectivity index (χ1v) is 10.1. The average Bonchev–Trinajstić information content (AvgIpc) is 2.71. The number of aliphatic hydroxyl groups is 1. The Morgan fingerprint density at radius 3 is 2.57 bits per heavy atom. The van der Waals surface area contributed by atoms with Gasteiger partial charge in [0.2, 0.25) is 5.91 Å². The van der Waals surface area contributed by atoms with E-state index in [0.717, 1.165) is 31.0 Å². The first-order chi connectivity index (χ1) is 14.0. The molecule has 0 radical (unpaired) electrons. The van der Waals surface area contributed by atoms with Gasteiger partial charge in [-0.3, -0.25) is 9.59 Å². The molecule has 0 unspecified atom stereocenters. The predicted octanol–water partition coefficient (Wildman–Crippen LogP) is 2.42. The van der Waals surface area contributed by atoms with Gasteiger partial charge in [0.25, 0.3) is 5.91 Å². The molecule has 1 aromatic carbocycles. The zero-order valence-electron chi connectivity index (χ0n) is 17.5. The van der Waals surface area contributed by atoms with Gasteiger partial charge < -0.3 is 20.6 Å². The van der Waals surface area contributed by atoms with E-state index < -0.39 is 23.6 Å². The van der Waals surface area contributed by atoms with Gasteiger partial charge in [0.15, 0.2) is 0 Å². The second-order valence-electron chi connectivity index (χ2n) is 8.10. The lowest BCUT2D eigenvalue weighted by Crippen LogP contribution is -2.51. The van der Waals surface area contributed by atoms with Crippen molar-refractivity contribution in [1.82, 2.24) is 15.5 Å². The van der Waals surface area contributed by atoms with Crippen molar-refractivity contribution in [2.45, 2.75) is 57.4 Å². The van der Waals surface area contributed by atoms with E-state index in [2.05, 4.69) is 29.4 Å². The Bertz CT molecular complexity index is 740. The largest absolute Gasteiger partial charge is 0.416 e. The van der Waals surface area contributed by atoms with Crippen molar-refractivity contribution < 1.29 is 27.9 Å². The van der Waals surface area contributed by atoms with E-state index in [1.807, 2.05) is 7.05 Å². The summed E-state index contributed by atoms with van der Waals surface area (Å²) in [5.74, 6) is -1.28. The molecule has 0 saturated heterocycles. The van der Waals surface area contributed by atoms with Gasteiger partial charge in [-0.1, -0.05) is 6.07 Å². The van der Waals surface area contributed by atoms with Crippen LogP contribution < -0.4 is 10.6 Å². The van der Waals surface area contributed by atoms with E-state index >= 15 is 0 Å². The number of hydrogen-bond donors (Lipinski definition) is 3. The zero-order chi connectivity index (χ0) is 22.5. The summed E-state index contributed by atoms with van der Waals surface area (Å²) in [5, 5.41) is 14.9. The van der Waals surface area contributed by atoms with Crippen molar-refractivity contribution in [3.05, 3.63) is 35.4 Å². The molecule has 1 saturated carbocycles. The fourth-order valence-corrected chi connectivity index (χ4v) is 3.78. The maximum Gasteiger partial charge on any atom is 0.416 e. The zero-order valence-corrected chi connectivity index (χ0v) is 17.5. The van der Waals surface area contributed by atoms with Crippen LogP contribution in [0.15, 0.2) is 24.3 Å². The van der Waals surface area contributed by atoms with Crippen LogP contribution in [0.2, 0.25) is 0 Å². The van der Waals surface area contributed by atoms with Crippen LogP contribution in [0.3, 0.4) is 0 Å². The van der Waals surface area contributed by atoms with Crippen LogP contribution >= 0.6 is 0 Å². The van der Waals surface area contributed by atoms with Gasteiger partial charge >= 0.3 is 6.18 Å². The Hall–Kier alpha value is -2.13. The first kappa shape index (κ1) is 24.1. The second kappa shape index (κ2) is 10.3. The predicted molar refractivity (Wildman–Crippen MR) is 107 cm³/mol. The molecule has 0 spiro atoms. The highest BCUT2D eigenvalue weighted by Gasteiger charge is 2.33. The minimum atomic E-state index is -4.55. The summed E-state index contributed by atoms with van der Waals surface area (Å²) in [7, 11) is 2.05. The SMILES string of the molecule is CC(C)N(C)[C@@H]1CC[C@H](NC(=O)CNC(=O)c2cccc(C(F)(F)F)c2)[C@H](CO)C1. The Morgan fingerprint density at radius 1 is 1.27 bits per heavy atom. The molecule has 1 aliphatic rings. The lowest BCUT2D eigenvalue weighted by atomic mass is 9.81. The van der Waals surface area contributed by atoms with Crippen molar-refractivity contribution in [1.29, 1.82) is 0 Å². The molecule has 0 bridgehead atoms. The highest BCUT2D eigenvalue weighted by molar-refractivity contribution is 5.96. The normalized spacial score (nSPS) is 22.2. The number of benzene rings is 1. The van der Waals surface area contributed by atoms with Crippen LogP contribution in [0.5, 0.6) is 0 Å². The molecular weight excluding hydrogens is 399 g/mol. The summed E-state index contributed by atoms with van der Waals surface area (Å²) in [5.41, 5.74) is -1.09. The summed E-state index contributed by atoms with van der Waals surface area (Å²) in [6.07, 6.45) is -2.20. The quantitative estimate of drug-likeness (QED) is 0.622. The third kappa shape index (κ3) is 6.43. The maximum absolute atomic E-state index is 12.8. The van der Waals surface area contributed by atoms with Gasteiger partial charge in [-0.2, -0.15) is 13.2 Å². The highest BCUT2D eigenvalue weighted by Crippen LogP contribution is 2.30. The lowest BCUT2D eigenvalue weighted by Gasteiger charge is -2.41. The summed E-state index contributed by atoms with van der Waals surface area (Å²) >= 11 is 0. The highest BCUT2D eigenvalue weighted by atomic mass is 19.4. The van der Waals surface area contributed by atoms with Gasteiger partial charge in [-0.25, -0.2) is 0 Å². The molecule has 0 heterocycles. The fraction of sp³-hybridized carbons (Fsp3) is 0.619. The van der Waals surface area contributed by atoms with Crippen molar-refractivity contribution >= 4 is 11.8 Å². The number of alkyl halides is 3. The Kier molecular flexibility index (Phi) is 8.25. The number of nitrogens with one attached hydrogen (secondary N) is 2. The number of carbonyl (C=O) groups excluding carboxylic acids is 2. The molecule has 30 heavy (non-hydrogen) atoms. The maximum atomic E-state index is 12.8. The van der Waals surface area contributed by atoms with E-state index in [-0.39, 0.29) is 30.7 Å². The summed E-state index contributed by atoms with van der Waals surface area (Å²) in [6, 6.07) is 4.55. The van der Waals surface area contributed by atoms with Crippen LogP contribution in [-0.4, -0.2) is 60.1 Å². The topological polar surface area (TPSA) is 81.7 Å². The number of amides is 2. The van der Waals surface area contributed by atoms with Crippen molar-refractivity contribution in [3.8, 4) is 0 Å². The minimum absolute atomic E-state index is 0.0516. The molecule has 1 fully saturated rings. The third-order valence-electron chi connectivity index (χ3n) is 5.79. The van der Waals surface area contributed by atoms with Crippen LogP contribution in [0, 0.1) is 5.92 Å².